The second kappa shape index (κ2) is 8.24. The monoisotopic (exact) mass is 424 g/mol. The van der Waals surface area contributed by atoms with Crippen LogP contribution < -0.4 is 0 Å². The molecule has 4 rings (SSSR count). The van der Waals surface area contributed by atoms with Gasteiger partial charge in [-0.2, -0.15) is 0 Å². The fraction of sp³-hybridized carbons (Fsp3) is 0.217. The normalized spacial score (nSPS) is 11.5. The summed E-state index contributed by atoms with van der Waals surface area (Å²) in [5, 5.41) is 2.22. The van der Waals surface area contributed by atoms with E-state index in [4.69, 9.17) is 16.6 Å². The van der Waals surface area contributed by atoms with Crippen LogP contribution in [0.2, 0.25) is 5.15 Å². The molecule has 4 aromatic rings. The van der Waals surface area contributed by atoms with Crippen molar-refractivity contribution in [1.29, 1.82) is 0 Å². The second-order valence-electron chi connectivity index (χ2n) is 7.06. The lowest BCUT2D eigenvalue weighted by atomic mass is 9.98. The van der Waals surface area contributed by atoms with Gasteiger partial charge in [-0.25, -0.2) is 9.97 Å². The number of fused-ring (bicyclic) bond motifs is 1. The molecule has 2 aromatic carbocycles. The van der Waals surface area contributed by atoms with Gasteiger partial charge >= 0.3 is 0 Å². The Kier molecular flexibility index (Phi) is 5.72. The maximum Gasteiger partial charge on any atom is 0.190 e. The Morgan fingerprint density at radius 1 is 1.00 bits per heavy atom. The number of nitrogens with zero attached hydrogens (tertiary/aromatic N) is 2. The van der Waals surface area contributed by atoms with E-state index in [9.17, 15) is 0 Å². The van der Waals surface area contributed by atoms with E-state index in [-0.39, 0.29) is 0 Å². The summed E-state index contributed by atoms with van der Waals surface area (Å²) in [5.74, 6) is 1.35. The molecule has 28 heavy (non-hydrogen) atoms. The van der Waals surface area contributed by atoms with Crippen LogP contribution >= 0.6 is 34.7 Å². The van der Waals surface area contributed by atoms with Gasteiger partial charge in [0.05, 0.1) is 5.39 Å². The van der Waals surface area contributed by atoms with Crippen molar-refractivity contribution < 1.29 is 0 Å². The minimum absolute atomic E-state index is 0.519. The zero-order valence-corrected chi connectivity index (χ0v) is 18.5. The minimum Gasteiger partial charge on any atom is -0.211 e. The average molecular weight is 425 g/mol. The largest absolute Gasteiger partial charge is 0.211 e. The molecule has 142 valence electrons. The van der Waals surface area contributed by atoms with E-state index in [1.54, 1.807) is 23.1 Å². The predicted molar refractivity (Wildman–Crippen MR) is 123 cm³/mol. The molecule has 0 spiro atoms. The Hall–Kier alpha value is -1.88. The summed E-state index contributed by atoms with van der Waals surface area (Å²) in [5.41, 5.74) is 4.91. The minimum atomic E-state index is 0.519. The smallest absolute Gasteiger partial charge is 0.190 e. The molecule has 2 aromatic heterocycles. The number of benzene rings is 2. The molecule has 0 bridgehead atoms. The van der Waals surface area contributed by atoms with Crippen molar-refractivity contribution >= 4 is 44.9 Å². The van der Waals surface area contributed by atoms with Crippen LogP contribution in [0.15, 0.2) is 59.8 Å². The lowest BCUT2D eigenvalue weighted by molar-refractivity contribution is 0.867. The van der Waals surface area contributed by atoms with Gasteiger partial charge < -0.3 is 0 Å². The molecule has 2 nitrogen and oxygen atoms in total. The highest BCUT2D eigenvalue weighted by molar-refractivity contribution is 7.98. The molecule has 5 heteroatoms. The van der Waals surface area contributed by atoms with E-state index in [1.165, 1.54) is 21.6 Å². The molecule has 0 aliphatic carbocycles. The summed E-state index contributed by atoms with van der Waals surface area (Å²) < 4.78 is 0. The molecule has 0 aliphatic rings. The van der Waals surface area contributed by atoms with Gasteiger partial charge in [0.1, 0.15) is 9.98 Å². The predicted octanol–water partition coefficient (Wildman–Crippen LogP) is 7.74. The van der Waals surface area contributed by atoms with Crippen molar-refractivity contribution in [3.63, 3.8) is 0 Å². The Morgan fingerprint density at radius 2 is 1.71 bits per heavy atom. The lowest BCUT2D eigenvalue weighted by Crippen LogP contribution is -1.90. The zero-order valence-electron chi connectivity index (χ0n) is 16.1. The first-order valence-corrected chi connectivity index (χ1v) is 11.4. The van der Waals surface area contributed by atoms with E-state index < -0.39 is 0 Å². The van der Waals surface area contributed by atoms with Crippen LogP contribution in [0.1, 0.15) is 35.8 Å². The van der Waals surface area contributed by atoms with Crippen molar-refractivity contribution in [2.75, 3.05) is 0 Å². The van der Waals surface area contributed by atoms with Gasteiger partial charge in [0, 0.05) is 16.2 Å². The van der Waals surface area contributed by atoms with Gasteiger partial charge in [-0.05, 0) is 29.5 Å². The molecule has 0 fully saturated rings. The van der Waals surface area contributed by atoms with Crippen LogP contribution in [0.3, 0.4) is 0 Å². The van der Waals surface area contributed by atoms with E-state index in [1.807, 2.05) is 18.2 Å². The van der Waals surface area contributed by atoms with Crippen LogP contribution in [0, 0.1) is 6.92 Å². The van der Waals surface area contributed by atoms with E-state index in [2.05, 4.69) is 62.2 Å². The maximum atomic E-state index is 6.64. The van der Waals surface area contributed by atoms with Gasteiger partial charge in [0.15, 0.2) is 5.16 Å². The number of rotatable bonds is 5. The SMILES string of the molecule is Cc1sc2nc(SCc3ccccc3)nc(Cl)c2c1-c1ccc(C(C)C)cc1. The highest BCUT2D eigenvalue weighted by Gasteiger charge is 2.18. The van der Waals surface area contributed by atoms with Gasteiger partial charge in [-0.15, -0.1) is 11.3 Å². The standard InChI is InChI=1S/C23H21ClN2S2/c1-14(2)17-9-11-18(12-10-17)19-15(3)28-22-20(19)21(24)25-23(26-22)27-13-16-7-5-4-6-8-16/h4-12,14H,13H2,1-3H3. The van der Waals surface area contributed by atoms with Gasteiger partial charge in [0.2, 0.25) is 0 Å². The summed E-state index contributed by atoms with van der Waals surface area (Å²) >= 11 is 9.94. The highest BCUT2D eigenvalue weighted by atomic mass is 35.5. The van der Waals surface area contributed by atoms with Crippen LogP contribution in [0.4, 0.5) is 0 Å². The first kappa shape index (κ1) is 19.4. The summed E-state index contributed by atoms with van der Waals surface area (Å²) in [6, 6.07) is 19.1. The van der Waals surface area contributed by atoms with E-state index in [0.717, 1.165) is 26.7 Å². The molecule has 0 saturated carbocycles. The molecule has 0 amide bonds. The van der Waals surface area contributed by atoms with Gasteiger partial charge in [-0.3, -0.25) is 0 Å². The summed E-state index contributed by atoms with van der Waals surface area (Å²) in [7, 11) is 0. The number of hydrogen-bond donors (Lipinski definition) is 0. The third kappa shape index (κ3) is 3.95. The van der Waals surface area contributed by atoms with Crippen molar-refractivity contribution in [1.82, 2.24) is 9.97 Å². The number of aryl methyl sites for hydroxylation is 1. The Balaban J connectivity index is 1.69. The summed E-state index contributed by atoms with van der Waals surface area (Å²) in [6.07, 6.45) is 0. The molecule has 2 heterocycles. The molecule has 0 aliphatic heterocycles. The Labute approximate surface area is 179 Å². The highest BCUT2D eigenvalue weighted by Crippen LogP contribution is 2.41. The van der Waals surface area contributed by atoms with Crippen LogP contribution in [-0.4, -0.2) is 9.97 Å². The molecule has 0 N–H and O–H groups in total. The number of halogens is 1. The Bertz CT molecular complexity index is 1100. The van der Waals surface area contributed by atoms with Crippen LogP contribution in [0.5, 0.6) is 0 Å². The van der Waals surface area contributed by atoms with Crippen LogP contribution in [0.25, 0.3) is 21.3 Å². The number of thioether (sulfide) groups is 1. The van der Waals surface area contributed by atoms with Gasteiger partial charge in [-0.1, -0.05) is 91.8 Å². The van der Waals surface area contributed by atoms with Crippen molar-refractivity contribution in [2.24, 2.45) is 0 Å². The van der Waals surface area contributed by atoms with Crippen molar-refractivity contribution in [3.8, 4) is 11.1 Å². The third-order valence-corrected chi connectivity index (χ3v) is 6.93. The average Bonchev–Trinajstić information content (AvgIpc) is 3.03. The number of thiophene rings is 1. The van der Waals surface area contributed by atoms with E-state index in [0.29, 0.717) is 11.1 Å². The summed E-state index contributed by atoms with van der Waals surface area (Å²) in [6.45, 7) is 6.55. The maximum absolute atomic E-state index is 6.64. The number of hydrogen-bond acceptors (Lipinski definition) is 4. The lowest BCUT2D eigenvalue weighted by Gasteiger charge is -2.08. The molecule has 0 radical (unpaired) electrons. The Morgan fingerprint density at radius 3 is 2.39 bits per heavy atom. The second-order valence-corrected chi connectivity index (χ2v) is 9.57. The molecular weight excluding hydrogens is 404 g/mol. The first-order chi connectivity index (χ1) is 13.5. The van der Waals surface area contributed by atoms with Gasteiger partial charge in [0.25, 0.3) is 0 Å². The van der Waals surface area contributed by atoms with Crippen LogP contribution in [-0.2, 0) is 5.75 Å². The fourth-order valence-electron chi connectivity index (χ4n) is 3.22. The quantitative estimate of drug-likeness (QED) is 0.186. The first-order valence-electron chi connectivity index (χ1n) is 9.26. The topological polar surface area (TPSA) is 25.8 Å². The third-order valence-electron chi connectivity index (χ3n) is 4.74. The van der Waals surface area contributed by atoms with Crippen molar-refractivity contribution in [3.05, 3.63) is 75.8 Å². The summed E-state index contributed by atoms with van der Waals surface area (Å²) in [4.78, 5) is 11.5. The number of aromatic nitrogens is 2. The van der Waals surface area contributed by atoms with Crippen molar-refractivity contribution in [2.45, 2.75) is 37.6 Å². The molecule has 0 unspecified atom stereocenters. The zero-order chi connectivity index (χ0) is 19.7. The molecular formula is C23H21ClN2S2. The molecule has 0 saturated heterocycles. The molecule has 0 atom stereocenters. The fourth-order valence-corrected chi connectivity index (χ4v) is 5.49. The van der Waals surface area contributed by atoms with E-state index >= 15 is 0 Å².